The molecule has 1 amide bonds. The number of nitrogens with two attached hydrogens (primary N) is 1. The van der Waals surface area contributed by atoms with Gasteiger partial charge in [-0.05, 0) is 31.7 Å². The normalized spacial score (nSPS) is 16.4. The number of hydrogen-bond acceptors (Lipinski definition) is 3. The maximum Gasteiger partial charge on any atom is 0.268 e. The molecule has 1 aliphatic carbocycles. The third-order valence-corrected chi connectivity index (χ3v) is 3.67. The second-order valence-electron chi connectivity index (χ2n) is 5.78. The van der Waals surface area contributed by atoms with E-state index in [4.69, 9.17) is 10.5 Å². The first kappa shape index (κ1) is 14.9. The fourth-order valence-corrected chi connectivity index (χ4v) is 2.23. The maximum absolute atomic E-state index is 12.4. The lowest BCUT2D eigenvalue weighted by molar-refractivity contribution is 0.0798. The molecule has 1 heterocycles. The average Bonchev–Trinajstić information content (AvgIpc) is 3.16. The number of nitrogens with zero attached hydrogens (tertiary/aromatic N) is 1. The van der Waals surface area contributed by atoms with Crippen molar-refractivity contribution < 1.29 is 9.53 Å². The highest BCUT2D eigenvalue weighted by Gasteiger charge is 2.28. The summed E-state index contributed by atoms with van der Waals surface area (Å²) in [6.07, 6.45) is 4.11. The van der Waals surface area contributed by atoms with Crippen molar-refractivity contribution >= 4 is 11.6 Å². The molecule has 2 rings (SSSR count). The summed E-state index contributed by atoms with van der Waals surface area (Å²) in [5.74, 6) is 0.263. The summed E-state index contributed by atoms with van der Waals surface area (Å²) in [5, 5.41) is 3.06. The Morgan fingerprint density at radius 1 is 1.55 bits per heavy atom. The Kier molecular flexibility index (Phi) is 4.70. The van der Waals surface area contributed by atoms with E-state index in [2.05, 4.69) is 19.2 Å². The molecule has 0 spiro atoms. The average molecular weight is 279 g/mol. The zero-order valence-corrected chi connectivity index (χ0v) is 12.6. The summed E-state index contributed by atoms with van der Waals surface area (Å²) in [5.41, 5.74) is 7.13. The van der Waals surface area contributed by atoms with E-state index in [1.165, 1.54) is 0 Å². The van der Waals surface area contributed by atoms with Crippen molar-refractivity contribution in [2.45, 2.75) is 45.7 Å². The molecule has 0 saturated heterocycles. The molecule has 20 heavy (non-hydrogen) atoms. The van der Waals surface area contributed by atoms with Crippen molar-refractivity contribution in [3.05, 3.63) is 18.0 Å². The summed E-state index contributed by atoms with van der Waals surface area (Å²) >= 11 is 0. The maximum atomic E-state index is 12.4. The van der Waals surface area contributed by atoms with Crippen LogP contribution in [0.15, 0.2) is 12.3 Å². The molecular formula is C15H25N3O2. The van der Waals surface area contributed by atoms with Gasteiger partial charge in [-0.3, -0.25) is 4.79 Å². The van der Waals surface area contributed by atoms with Gasteiger partial charge < -0.3 is 20.4 Å². The first-order valence-corrected chi connectivity index (χ1v) is 7.38. The first-order valence-electron chi connectivity index (χ1n) is 7.38. The number of aromatic nitrogens is 1. The molecule has 1 atom stereocenters. The second-order valence-corrected chi connectivity index (χ2v) is 5.78. The number of nitrogen functional groups attached to an aromatic ring is 1. The van der Waals surface area contributed by atoms with E-state index in [9.17, 15) is 4.79 Å². The number of nitrogens with one attached hydrogen (secondary N) is 1. The number of rotatable bonds is 7. The van der Waals surface area contributed by atoms with Gasteiger partial charge in [0.05, 0.1) is 18.3 Å². The van der Waals surface area contributed by atoms with Crippen molar-refractivity contribution in [1.29, 1.82) is 0 Å². The van der Waals surface area contributed by atoms with E-state index >= 15 is 0 Å². The van der Waals surface area contributed by atoms with Crippen molar-refractivity contribution in [3.8, 4) is 0 Å². The molecule has 0 bridgehead atoms. The van der Waals surface area contributed by atoms with E-state index in [1.807, 2.05) is 17.7 Å². The smallest absolute Gasteiger partial charge is 0.268 e. The van der Waals surface area contributed by atoms with Crippen LogP contribution in [0.25, 0.3) is 0 Å². The van der Waals surface area contributed by atoms with Crippen molar-refractivity contribution in [2.75, 3.05) is 18.9 Å². The highest BCUT2D eigenvalue weighted by molar-refractivity contribution is 5.94. The minimum atomic E-state index is -0.0630. The molecule has 1 saturated carbocycles. The van der Waals surface area contributed by atoms with Crippen LogP contribution in [0.4, 0.5) is 5.69 Å². The SMILES string of the molecule is CCOCC(NC(=O)c1cc(N)cn1C1CC1)C(C)C. The topological polar surface area (TPSA) is 69.3 Å². The van der Waals surface area contributed by atoms with Gasteiger partial charge in [0, 0.05) is 18.8 Å². The molecule has 1 aromatic rings. The highest BCUT2D eigenvalue weighted by atomic mass is 16.5. The Morgan fingerprint density at radius 2 is 2.25 bits per heavy atom. The van der Waals surface area contributed by atoms with Crippen LogP contribution in [0.5, 0.6) is 0 Å². The zero-order chi connectivity index (χ0) is 14.7. The standard InChI is InChI=1S/C15H25N3O2/c1-4-20-9-13(10(2)3)17-15(19)14-7-11(16)8-18(14)12-5-6-12/h7-8,10,12-13H,4-6,9,16H2,1-3H3,(H,17,19). The van der Waals surface area contributed by atoms with Crippen molar-refractivity contribution in [2.24, 2.45) is 5.92 Å². The van der Waals surface area contributed by atoms with Crippen LogP contribution < -0.4 is 11.1 Å². The molecule has 5 heteroatoms. The van der Waals surface area contributed by atoms with Crippen LogP contribution in [0, 0.1) is 5.92 Å². The van der Waals surface area contributed by atoms with Crippen LogP contribution in [0.3, 0.4) is 0 Å². The molecule has 3 N–H and O–H groups in total. The van der Waals surface area contributed by atoms with E-state index in [-0.39, 0.29) is 11.9 Å². The van der Waals surface area contributed by atoms with Crippen LogP contribution in [-0.2, 0) is 4.74 Å². The summed E-state index contributed by atoms with van der Waals surface area (Å²) < 4.78 is 7.45. The highest BCUT2D eigenvalue weighted by Crippen LogP contribution is 2.37. The number of anilines is 1. The predicted octanol–water partition coefficient (Wildman–Crippen LogP) is 2.20. The summed E-state index contributed by atoms with van der Waals surface area (Å²) in [7, 11) is 0. The van der Waals surface area contributed by atoms with Crippen LogP contribution in [0.1, 0.15) is 50.1 Å². The van der Waals surface area contributed by atoms with Gasteiger partial charge in [-0.15, -0.1) is 0 Å². The van der Waals surface area contributed by atoms with Gasteiger partial charge in [0.2, 0.25) is 0 Å². The van der Waals surface area contributed by atoms with E-state index in [0.29, 0.717) is 36.6 Å². The fraction of sp³-hybridized carbons (Fsp3) is 0.667. The van der Waals surface area contributed by atoms with Gasteiger partial charge in [0.1, 0.15) is 5.69 Å². The lowest BCUT2D eigenvalue weighted by atomic mass is 10.1. The Hall–Kier alpha value is -1.49. The minimum absolute atomic E-state index is 0.0197. The van der Waals surface area contributed by atoms with Gasteiger partial charge in [-0.2, -0.15) is 0 Å². The molecular weight excluding hydrogens is 254 g/mol. The molecule has 0 aliphatic heterocycles. The summed E-state index contributed by atoms with van der Waals surface area (Å²) in [6, 6.07) is 2.22. The number of carbonyl (C=O) groups excluding carboxylic acids is 1. The Labute approximate surface area is 120 Å². The number of carbonyl (C=O) groups is 1. The largest absolute Gasteiger partial charge is 0.397 e. The lowest BCUT2D eigenvalue weighted by Gasteiger charge is -2.22. The van der Waals surface area contributed by atoms with Gasteiger partial charge in [-0.1, -0.05) is 13.8 Å². The number of ether oxygens (including phenoxy) is 1. The van der Waals surface area contributed by atoms with Crippen LogP contribution in [0.2, 0.25) is 0 Å². The molecule has 0 aromatic carbocycles. The zero-order valence-electron chi connectivity index (χ0n) is 12.6. The molecule has 1 fully saturated rings. The van der Waals surface area contributed by atoms with Gasteiger partial charge in [0.15, 0.2) is 0 Å². The Bertz CT molecular complexity index is 464. The summed E-state index contributed by atoms with van der Waals surface area (Å²) in [4.78, 5) is 12.4. The Balaban J connectivity index is 2.06. The third kappa shape index (κ3) is 3.54. The third-order valence-electron chi connectivity index (χ3n) is 3.67. The Morgan fingerprint density at radius 3 is 2.80 bits per heavy atom. The molecule has 5 nitrogen and oxygen atoms in total. The molecule has 1 aromatic heterocycles. The first-order chi connectivity index (χ1) is 9.52. The quantitative estimate of drug-likeness (QED) is 0.804. The monoisotopic (exact) mass is 279 g/mol. The van der Waals surface area contributed by atoms with Crippen molar-refractivity contribution in [3.63, 3.8) is 0 Å². The van der Waals surface area contributed by atoms with Crippen LogP contribution >= 0.6 is 0 Å². The van der Waals surface area contributed by atoms with Gasteiger partial charge in [-0.25, -0.2) is 0 Å². The second kappa shape index (κ2) is 6.31. The van der Waals surface area contributed by atoms with Gasteiger partial charge in [0.25, 0.3) is 5.91 Å². The minimum Gasteiger partial charge on any atom is -0.397 e. The van der Waals surface area contributed by atoms with Crippen molar-refractivity contribution in [1.82, 2.24) is 9.88 Å². The molecule has 112 valence electrons. The predicted molar refractivity (Wildman–Crippen MR) is 79.7 cm³/mol. The number of amides is 1. The van der Waals surface area contributed by atoms with E-state index in [0.717, 1.165) is 12.8 Å². The van der Waals surface area contributed by atoms with Gasteiger partial charge >= 0.3 is 0 Å². The number of hydrogen-bond donors (Lipinski definition) is 2. The van der Waals surface area contributed by atoms with E-state index in [1.54, 1.807) is 6.07 Å². The lowest BCUT2D eigenvalue weighted by Crippen LogP contribution is -2.42. The molecule has 1 aliphatic rings. The fourth-order valence-electron chi connectivity index (χ4n) is 2.23. The van der Waals surface area contributed by atoms with E-state index < -0.39 is 0 Å². The molecule has 0 radical (unpaired) electrons. The summed E-state index contributed by atoms with van der Waals surface area (Å²) in [6.45, 7) is 7.32. The molecule has 1 unspecified atom stereocenters. The van der Waals surface area contributed by atoms with Crippen LogP contribution in [-0.4, -0.2) is 29.7 Å².